The highest BCUT2D eigenvalue weighted by Crippen LogP contribution is 2.34. The van der Waals surface area contributed by atoms with Crippen LogP contribution >= 0.6 is 11.6 Å². The maximum atomic E-state index is 12.8. The van der Waals surface area contributed by atoms with E-state index in [9.17, 15) is 18.0 Å². The normalized spacial score (nSPS) is 20.3. The molecule has 11 heteroatoms. The van der Waals surface area contributed by atoms with Gasteiger partial charge in [-0.2, -0.15) is 13.2 Å². The van der Waals surface area contributed by atoms with E-state index < -0.39 is 11.7 Å². The number of amides is 1. The smallest absolute Gasteiger partial charge is 0.355 e. The average Bonchev–Trinajstić information content (AvgIpc) is 2.79. The van der Waals surface area contributed by atoms with Crippen molar-refractivity contribution >= 4 is 29.3 Å². The largest absolute Gasteiger partial charge is 0.417 e. The molecular formula is C21H24ClF3N6O. The summed E-state index contributed by atoms with van der Waals surface area (Å²) < 4.78 is 38.5. The van der Waals surface area contributed by atoms with Gasteiger partial charge in [0.2, 0.25) is 11.9 Å². The Morgan fingerprint density at radius 1 is 1.06 bits per heavy atom. The first-order chi connectivity index (χ1) is 15.3. The van der Waals surface area contributed by atoms with E-state index in [1.54, 1.807) is 18.5 Å². The molecule has 32 heavy (non-hydrogen) atoms. The number of alkyl halides is 3. The molecule has 172 valence electrons. The molecule has 1 unspecified atom stereocenters. The minimum atomic E-state index is -4.48. The Bertz CT molecular complexity index is 937. The van der Waals surface area contributed by atoms with Crippen molar-refractivity contribution in [1.29, 1.82) is 0 Å². The van der Waals surface area contributed by atoms with Crippen molar-refractivity contribution in [2.45, 2.75) is 37.9 Å². The van der Waals surface area contributed by atoms with Gasteiger partial charge in [0.1, 0.15) is 5.82 Å². The summed E-state index contributed by atoms with van der Waals surface area (Å²) in [5.41, 5.74) is -0.872. The third kappa shape index (κ3) is 5.23. The van der Waals surface area contributed by atoms with Crippen molar-refractivity contribution in [2.75, 3.05) is 36.0 Å². The van der Waals surface area contributed by atoms with E-state index in [1.807, 2.05) is 4.90 Å². The van der Waals surface area contributed by atoms with Crippen molar-refractivity contribution in [3.8, 4) is 0 Å². The van der Waals surface area contributed by atoms with E-state index >= 15 is 0 Å². The lowest BCUT2D eigenvalue weighted by Gasteiger charge is -2.36. The van der Waals surface area contributed by atoms with Gasteiger partial charge < -0.3 is 15.1 Å². The highest BCUT2D eigenvalue weighted by Gasteiger charge is 2.33. The summed E-state index contributed by atoms with van der Waals surface area (Å²) in [6.07, 6.45) is 2.74. The second-order valence-electron chi connectivity index (χ2n) is 8.13. The predicted octanol–water partition coefficient (Wildman–Crippen LogP) is 3.55. The second-order valence-corrected chi connectivity index (χ2v) is 8.54. The molecule has 2 saturated heterocycles. The number of halogens is 4. The monoisotopic (exact) mass is 468 g/mol. The van der Waals surface area contributed by atoms with E-state index in [0.29, 0.717) is 44.2 Å². The highest BCUT2D eigenvalue weighted by molar-refractivity contribution is 6.33. The average molecular weight is 469 g/mol. The van der Waals surface area contributed by atoms with Crippen molar-refractivity contribution < 1.29 is 18.0 Å². The quantitative estimate of drug-likeness (QED) is 0.739. The fourth-order valence-corrected chi connectivity index (χ4v) is 4.51. The van der Waals surface area contributed by atoms with Crippen LogP contribution in [0.3, 0.4) is 0 Å². The summed E-state index contributed by atoms with van der Waals surface area (Å²) in [6, 6.07) is 2.70. The molecule has 0 radical (unpaired) electrons. The van der Waals surface area contributed by atoms with Gasteiger partial charge in [0.05, 0.1) is 10.6 Å². The van der Waals surface area contributed by atoms with Crippen LogP contribution in [0.5, 0.6) is 0 Å². The fourth-order valence-electron chi connectivity index (χ4n) is 4.22. The van der Waals surface area contributed by atoms with Gasteiger partial charge in [-0.3, -0.25) is 4.79 Å². The zero-order valence-electron chi connectivity index (χ0n) is 17.4. The molecule has 0 spiro atoms. The molecule has 2 aliphatic rings. The molecule has 1 amide bonds. The molecule has 2 aliphatic heterocycles. The number of rotatable bonds is 4. The summed E-state index contributed by atoms with van der Waals surface area (Å²) in [5.74, 6) is 0.852. The molecule has 0 aliphatic carbocycles. The number of aromatic nitrogens is 3. The third-order valence-electron chi connectivity index (χ3n) is 5.92. The molecule has 1 N–H and O–H groups in total. The summed E-state index contributed by atoms with van der Waals surface area (Å²) in [7, 11) is 0. The van der Waals surface area contributed by atoms with Gasteiger partial charge in [0, 0.05) is 56.7 Å². The fraction of sp³-hybridized carbons (Fsp3) is 0.524. The molecule has 2 aromatic heterocycles. The minimum absolute atomic E-state index is 0.0111. The highest BCUT2D eigenvalue weighted by atomic mass is 35.5. The lowest BCUT2D eigenvalue weighted by atomic mass is 9.95. The SMILES string of the molecule is O=C(NC1CCCN(c2ncccn2)C1)C1CCN(c2ncc(C(F)(F)F)cc2Cl)CC1. The van der Waals surface area contributed by atoms with Crippen molar-refractivity contribution in [3.05, 3.63) is 41.3 Å². The number of piperidine rings is 2. The van der Waals surface area contributed by atoms with Crippen LogP contribution in [0.25, 0.3) is 0 Å². The maximum Gasteiger partial charge on any atom is 0.417 e. The Balaban J connectivity index is 1.30. The van der Waals surface area contributed by atoms with Gasteiger partial charge in [-0.1, -0.05) is 11.6 Å². The van der Waals surface area contributed by atoms with Gasteiger partial charge >= 0.3 is 6.18 Å². The summed E-state index contributed by atoms with van der Waals surface area (Å²) in [4.78, 5) is 29.2. The first-order valence-electron chi connectivity index (χ1n) is 10.6. The number of carbonyl (C=O) groups is 1. The van der Waals surface area contributed by atoms with Crippen LogP contribution < -0.4 is 15.1 Å². The van der Waals surface area contributed by atoms with Gasteiger partial charge in [0.15, 0.2) is 0 Å². The molecule has 1 atom stereocenters. The molecule has 0 saturated carbocycles. The van der Waals surface area contributed by atoms with E-state index in [0.717, 1.165) is 31.6 Å². The Morgan fingerprint density at radius 2 is 1.78 bits per heavy atom. The zero-order valence-corrected chi connectivity index (χ0v) is 18.1. The summed E-state index contributed by atoms with van der Waals surface area (Å²) in [5, 5.41) is 3.12. The molecule has 2 fully saturated rings. The molecule has 0 bridgehead atoms. The van der Waals surface area contributed by atoms with Gasteiger partial charge in [0.25, 0.3) is 0 Å². The van der Waals surface area contributed by atoms with E-state index in [1.165, 1.54) is 0 Å². The summed E-state index contributed by atoms with van der Waals surface area (Å²) >= 11 is 6.06. The standard InChI is InChI=1S/C21H24ClF3N6O/c22-17-11-15(21(23,24)25)12-28-18(17)30-9-4-14(5-10-30)19(32)29-16-3-1-8-31(13-16)20-26-6-2-7-27-20/h2,6-7,11-12,14,16H,1,3-5,8-10,13H2,(H,29,32). The van der Waals surface area contributed by atoms with Crippen molar-refractivity contribution in [1.82, 2.24) is 20.3 Å². The van der Waals surface area contributed by atoms with E-state index in [2.05, 4.69) is 25.2 Å². The number of nitrogens with zero attached hydrogens (tertiary/aromatic N) is 5. The predicted molar refractivity (Wildman–Crippen MR) is 115 cm³/mol. The molecule has 4 rings (SSSR count). The lowest BCUT2D eigenvalue weighted by Crippen LogP contribution is -2.51. The van der Waals surface area contributed by atoms with E-state index in [-0.39, 0.29) is 22.9 Å². The minimum Gasteiger partial charge on any atom is -0.355 e. The number of pyridine rings is 1. The molecule has 0 aromatic carbocycles. The molecule has 2 aromatic rings. The van der Waals surface area contributed by atoms with Crippen LogP contribution in [-0.2, 0) is 11.0 Å². The van der Waals surface area contributed by atoms with Crippen LogP contribution in [0.1, 0.15) is 31.2 Å². The Morgan fingerprint density at radius 3 is 2.44 bits per heavy atom. The van der Waals surface area contributed by atoms with Crippen LogP contribution in [0, 0.1) is 5.92 Å². The van der Waals surface area contributed by atoms with Crippen molar-refractivity contribution in [3.63, 3.8) is 0 Å². The number of hydrogen-bond donors (Lipinski definition) is 1. The van der Waals surface area contributed by atoms with Crippen molar-refractivity contribution in [2.24, 2.45) is 5.92 Å². The topological polar surface area (TPSA) is 74.2 Å². The number of carbonyl (C=O) groups excluding carboxylic acids is 1. The lowest BCUT2D eigenvalue weighted by molar-refractivity contribution is -0.137. The number of hydrogen-bond acceptors (Lipinski definition) is 6. The van der Waals surface area contributed by atoms with E-state index in [4.69, 9.17) is 11.6 Å². The Hall–Kier alpha value is -2.62. The Kier molecular flexibility index (Phi) is 6.68. The van der Waals surface area contributed by atoms with Crippen LogP contribution in [-0.4, -0.2) is 53.1 Å². The third-order valence-corrected chi connectivity index (χ3v) is 6.20. The number of nitrogens with one attached hydrogen (secondary N) is 1. The second kappa shape index (κ2) is 9.48. The van der Waals surface area contributed by atoms with Crippen LogP contribution in [0.2, 0.25) is 5.02 Å². The number of anilines is 2. The van der Waals surface area contributed by atoms with Gasteiger partial charge in [-0.05, 0) is 37.8 Å². The van der Waals surface area contributed by atoms with Crippen LogP contribution in [0.4, 0.5) is 24.9 Å². The van der Waals surface area contributed by atoms with Gasteiger partial charge in [-0.25, -0.2) is 15.0 Å². The molecular weight excluding hydrogens is 445 g/mol. The van der Waals surface area contributed by atoms with Gasteiger partial charge in [-0.15, -0.1) is 0 Å². The Labute approximate surface area is 189 Å². The van der Waals surface area contributed by atoms with Crippen LogP contribution in [0.15, 0.2) is 30.7 Å². The summed E-state index contributed by atoms with van der Waals surface area (Å²) in [6.45, 7) is 2.53. The molecule has 7 nitrogen and oxygen atoms in total. The first kappa shape index (κ1) is 22.6. The molecule has 4 heterocycles. The zero-order chi connectivity index (χ0) is 22.7. The maximum absolute atomic E-state index is 12.8. The first-order valence-corrected chi connectivity index (χ1v) is 11.0.